The Balaban J connectivity index is 0.901. The van der Waals surface area contributed by atoms with Gasteiger partial charge >= 0.3 is 5.97 Å². The number of nitrogens with zero attached hydrogens (tertiary/aromatic N) is 2. The third-order valence-electron chi connectivity index (χ3n) is 21.3. The third-order valence-corrected chi connectivity index (χ3v) is 21.3. The molecule has 7 aliphatic carbocycles. The maximum absolute atomic E-state index is 15.3. The van der Waals surface area contributed by atoms with Gasteiger partial charge in [-0.25, -0.2) is 0 Å². The Hall–Kier alpha value is -1.71. The Morgan fingerprint density at radius 3 is 2.10 bits per heavy atom. The molecule has 9 rings (SSSR count). The van der Waals surface area contributed by atoms with Gasteiger partial charge in [-0.3, -0.25) is 19.3 Å². The van der Waals surface area contributed by atoms with E-state index in [2.05, 4.69) is 51.3 Å². The number of hydrogen-bond acceptors (Lipinski definition) is 8. The summed E-state index contributed by atoms with van der Waals surface area (Å²) in [4.78, 5) is 44.9. The van der Waals surface area contributed by atoms with Gasteiger partial charge in [-0.1, -0.05) is 55.4 Å². The topological polar surface area (TPSA) is 94.6 Å². The number of carbonyl (C=O) groups excluding carboxylic acids is 3. The Bertz CT molecular complexity index is 1610. The van der Waals surface area contributed by atoms with Crippen LogP contribution in [0.25, 0.3) is 0 Å². The molecule has 9 heteroatoms. The summed E-state index contributed by atoms with van der Waals surface area (Å²) in [5, 5.41) is 0. The van der Waals surface area contributed by atoms with Gasteiger partial charge in [0.05, 0.1) is 37.3 Å². The van der Waals surface area contributed by atoms with Crippen molar-refractivity contribution >= 4 is 18.3 Å². The fourth-order valence-electron chi connectivity index (χ4n) is 17.0. The summed E-state index contributed by atoms with van der Waals surface area (Å²) < 4.78 is 23.8. The molecule has 9 aliphatic rings. The van der Waals surface area contributed by atoms with Crippen LogP contribution in [0.15, 0.2) is 0 Å². The number of ether oxygens (including phenoxy) is 4. The molecule has 9 fully saturated rings. The summed E-state index contributed by atoms with van der Waals surface area (Å²) >= 11 is 0. The summed E-state index contributed by atoms with van der Waals surface area (Å²) in [5.41, 5.74) is 0.282. The first-order chi connectivity index (χ1) is 27.9. The van der Waals surface area contributed by atoms with Gasteiger partial charge in [-0.05, 0) is 148 Å². The number of likely N-dealkylation sites (tertiary alicyclic amines) is 1. The van der Waals surface area contributed by atoms with Crippen molar-refractivity contribution in [2.75, 3.05) is 52.5 Å². The van der Waals surface area contributed by atoms with Crippen LogP contribution in [-0.2, 0) is 33.3 Å². The van der Waals surface area contributed by atoms with Crippen LogP contribution in [0, 0.1) is 73.4 Å². The van der Waals surface area contributed by atoms with E-state index >= 15 is 4.79 Å². The largest absolute Gasteiger partial charge is 0.464 e. The first-order valence-corrected chi connectivity index (χ1v) is 24.5. The second-order valence-corrected chi connectivity index (χ2v) is 24.1. The van der Waals surface area contributed by atoms with Crippen LogP contribution in [0.2, 0.25) is 0 Å². The Morgan fingerprint density at radius 1 is 0.695 bits per heavy atom. The lowest BCUT2D eigenvalue weighted by Gasteiger charge is -2.73. The van der Waals surface area contributed by atoms with Crippen molar-refractivity contribution in [3.63, 3.8) is 0 Å². The fraction of sp³-hybridized carbons (Fsp3) is 0.940. The van der Waals surface area contributed by atoms with Crippen molar-refractivity contribution in [2.24, 2.45) is 73.4 Å². The van der Waals surface area contributed by atoms with Crippen LogP contribution in [0.3, 0.4) is 0 Å². The van der Waals surface area contributed by atoms with E-state index in [1.54, 1.807) is 0 Å². The number of amides is 1. The van der Waals surface area contributed by atoms with Crippen LogP contribution in [0.1, 0.15) is 152 Å². The molecule has 0 spiro atoms. The minimum Gasteiger partial charge on any atom is -0.464 e. The number of hydrogen-bond donors (Lipinski definition) is 0. The van der Waals surface area contributed by atoms with Crippen molar-refractivity contribution in [1.29, 1.82) is 0 Å². The van der Waals surface area contributed by atoms with Crippen LogP contribution in [0.5, 0.6) is 0 Å². The van der Waals surface area contributed by atoms with Crippen molar-refractivity contribution in [3.8, 4) is 0 Å². The number of carbonyl (C=O) groups is 3. The second kappa shape index (κ2) is 14.9. The summed E-state index contributed by atoms with van der Waals surface area (Å²) in [6.45, 7) is 27.1. The molecule has 0 aromatic heterocycles. The average molecular weight is 821 g/mol. The molecule has 0 unspecified atom stereocenters. The number of piperidine rings is 1. The number of rotatable bonds is 10. The lowest BCUT2D eigenvalue weighted by molar-refractivity contribution is -0.253. The highest BCUT2D eigenvalue weighted by atomic mass is 16.6. The zero-order valence-electron chi connectivity index (χ0n) is 38.3. The monoisotopic (exact) mass is 821 g/mol. The van der Waals surface area contributed by atoms with E-state index in [1.807, 2.05) is 13.8 Å². The first-order valence-electron chi connectivity index (χ1n) is 24.5. The molecular weight excluding hydrogens is 741 g/mol. The number of fused-ring (bicyclic) bond motifs is 7. The van der Waals surface area contributed by atoms with Crippen LogP contribution in [-0.4, -0.2) is 99.0 Å². The molecule has 9 nitrogen and oxygen atoms in total. The highest BCUT2D eigenvalue weighted by molar-refractivity contribution is 5.84. The number of esters is 1. The van der Waals surface area contributed by atoms with Gasteiger partial charge in [0.15, 0.2) is 0 Å². The van der Waals surface area contributed by atoms with E-state index in [1.165, 1.54) is 51.4 Å². The third kappa shape index (κ3) is 6.54. The Morgan fingerprint density at radius 2 is 1.42 bits per heavy atom. The zero-order valence-corrected chi connectivity index (χ0v) is 38.3. The van der Waals surface area contributed by atoms with Crippen molar-refractivity contribution in [2.45, 2.75) is 170 Å². The first kappa shape index (κ1) is 42.6. The fourth-order valence-corrected chi connectivity index (χ4v) is 17.0. The van der Waals surface area contributed by atoms with Gasteiger partial charge in [-0.2, -0.15) is 0 Å². The highest BCUT2D eigenvalue weighted by Gasteiger charge is 2.74. The molecule has 2 aliphatic heterocycles. The quantitative estimate of drug-likeness (QED) is 0.160. The molecular formula is C50H80N2O7. The molecule has 12 atom stereocenters. The zero-order chi connectivity index (χ0) is 41.8. The van der Waals surface area contributed by atoms with Crippen molar-refractivity contribution in [3.05, 3.63) is 0 Å². The molecule has 332 valence electrons. The predicted molar refractivity (Wildman–Crippen MR) is 227 cm³/mol. The minimum atomic E-state index is -0.404. The second-order valence-electron chi connectivity index (χ2n) is 24.1. The lowest BCUT2D eigenvalue weighted by atomic mass is 9.32. The van der Waals surface area contributed by atoms with Gasteiger partial charge in [0.1, 0.15) is 12.2 Å². The summed E-state index contributed by atoms with van der Waals surface area (Å²) in [6, 6.07) is 0. The molecule has 59 heavy (non-hydrogen) atoms. The maximum atomic E-state index is 15.3. The minimum absolute atomic E-state index is 0.0993. The molecule has 2 heterocycles. The molecule has 7 saturated carbocycles. The van der Waals surface area contributed by atoms with Crippen molar-refractivity contribution < 1.29 is 33.3 Å². The van der Waals surface area contributed by atoms with E-state index < -0.39 is 5.41 Å². The molecule has 0 aromatic rings. The molecule has 0 bridgehead atoms. The van der Waals surface area contributed by atoms with Crippen LogP contribution < -0.4 is 0 Å². The van der Waals surface area contributed by atoms with Crippen LogP contribution in [0.4, 0.5) is 0 Å². The normalized spacial score (nSPS) is 46.1. The summed E-state index contributed by atoms with van der Waals surface area (Å²) in [6.07, 6.45) is 16.6. The standard InChI is InChI=1S/C50H80N2O7/c1-44(2)36(31-40(44)58-32-53)42(54)59-39-13-16-47(6)37(45(39,3)4)12-17-49(8)38(47)10-9-35-41-34(46(5)19-20-46)11-18-50(41,22-21-48(35,49)7)43(55)52-23-14-33(15-24-52)57-30-27-51-25-28-56-29-26-51/h32-41H,9-31H2,1-8H3/t34-,35-,36-,37+,38-,39+,40-,41-,47+,48-,49-,50+/m1/s1. The molecule has 0 aromatic carbocycles. The highest BCUT2D eigenvalue weighted by Crippen LogP contribution is 2.79. The van der Waals surface area contributed by atoms with E-state index in [9.17, 15) is 9.59 Å². The summed E-state index contributed by atoms with van der Waals surface area (Å²) in [7, 11) is 0. The van der Waals surface area contributed by atoms with E-state index in [0.29, 0.717) is 53.8 Å². The van der Waals surface area contributed by atoms with Gasteiger partial charge < -0.3 is 23.8 Å². The van der Waals surface area contributed by atoms with Gasteiger partial charge in [0, 0.05) is 43.6 Å². The summed E-state index contributed by atoms with van der Waals surface area (Å²) in [5.74, 6) is 3.03. The molecule has 2 saturated heterocycles. The maximum Gasteiger partial charge on any atom is 0.310 e. The lowest BCUT2D eigenvalue weighted by Crippen LogP contribution is -2.68. The Labute approximate surface area is 356 Å². The van der Waals surface area contributed by atoms with Gasteiger partial charge in [0.25, 0.3) is 6.47 Å². The van der Waals surface area contributed by atoms with Gasteiger partial charge in [-0.15, -0.1) is 0 Å². The van der Waals surface area contributed by atoms with Crippen LogP contribution >= 0.6 is 0 Å². The van der Waals surface area contributed by atoms with Gasteiger partial charge in [0.2, 0.25) is 5.91 Å². The smallest absolute Gasteiger partial charge is 0.310 e. The molecule has 0 N–H and O–H groups in total. The van der Waals surface area contributed by atoms with E-state index in [4.69, 9.17) is 18.9 Å². The number of morpholine rings is 1. The Kier molecular flexibility index (Phi) is 10.8. The van der Waals surface area contributed by atoms with E-state index in [-0.39, 0.29) is 57.3 Å². The molecule has 1 amide bonds. The average Bonchev–Trinajstić information content (AvgIpc) is 3.82. The van der Waals surface area contributed by atoms with Crippen molar-refractivity contribution in [1.82, 2.24) is 9.80 Å². The van der Waals surface area contributed by atoms with E-state index in [0.717, 1.165) is 91.1 Å². The molecule has 0 radical (unpaired) electrons. The predicted octanol–water partition coefficient (Wildman–Crippen LogP) is 8.71. The SMILES string of the molecule is CC1([C@@H]2CC[C@]3(C(=O)N4CCC(OCCN5CCOCC5)CC4)CC[C@]4(C)[C@H](CC[C@@H]5[C@@]6(C)CC[C@H](OC(=O)[C@H]7C[C@@H](OC=O)C7(C)C)C(C)(C)[C@@H]6CC[C@]54C)[C@@H]23)CC1.